The van der Waals surface area contributed by atoms with Crippen LogP contribution in [0.4, 0.5) is 13.2 Å². The van der Waals surface area contributed by atoms with E-state index in [1.807, 2.05) is 0 Å². The van der Waals surface area contributed by atoms with E-state index in [-0.39, 0.29) is 17.2 Å². The highest BCUT2D eigenvalue weighted by molar-refractivity contribution is 6.26. The normalized spacial score (nSPS) is 13.3. The first-order chi connectivity index (χ1) is 11.4. The van der Waals surface area contributed by atoms with Gasteiger partial charge in [-0.1, -0.05) is 6.07 Å². The third-order valence-electron chi connectivity index (χ3n) is 4.00. The molecule has 0 saturated carbocycles. The molecular weight excluding hydrogens is 315 g/mol. The largest absolute Gasteiger partial charge is 0.383 e. The Morgan fingerprint density at radius 1 is 0.833 bits per heavy atom. The Balaban J connectivity index is 2.19. The molecule has 1 aliphatic heterocycles. The molecule has 1 aliphatic rings. The average molecular weight is 325 g/mol. The summed E-state index contributed by atoms with van der Waals surface area (Å²) < 4.78 is 41.2. The van der Waals surface area contributed by atoms with Gasteiger partial charge >= 0.3 is 0 Å². The lowest BCUT2D eigenvalue weighted by Gasteiger charge is -2.14. The van der Waals surface area contributed by atoms with Gasteiger partial charge in [0.2, 0.25) is 0 Å². The van der Waals surface area contributed by atoms with E-state index in [1.165, 1.54) is 12.1 Å². The summed E-state index contributed by atoms with van der Waals surface area (Å²) in [4.78, 5) is 3.93. The zero-order valence-electron chi connectivity index (χ0n) is 12.2. The molecule has 3 aromatic rings. The molecule has 0 aromatic heterocycles. The van der Waals surface area contributed by atoms with Crippen molar-refractivity contribution in [3.05, 3.63) is 71.0 Å². The lowest BCUT2D eigenvalue weighted by atomic mass is 9.89. The molecule has 3 aromatic carbocycles. The van der Waals surface area contributed by atoms with Crippen LogP contribution < -0.4 is 5.73 Å². The molecule has 118 valence electrons. The van der Waals surface area contributed by atoms with Crippen LogP contribution in [0.5, 0.6) is 0 Å². The minimum atomic E-state index is -0.759. The Morgan fingerprint density at radius 3 is 2.25 bits per heavy atom. The van der Waals surface area contributed by atoms with Crippen LogP contribution in [0.1, 0.15) is 11.1 Å². The Kier molecular flexibility index (Phi) is 2.96. The Labute approximate surface area is 134 Å². The van der Waals surface area contributed by atoms with Crippen LogP contribution in [0.25, 0.3) is 21.9 Å². The maximum Gasteiger partial charge on any atom is 0.155 e. The van der Waals surface area contributed by atoms with Crippen molar-refractivity contribution in [3.63, 3.8) is 0 Å². The van der Waals surface area contributed by atoms with Crippen molar-refractivity contribution in [3.8, 4) is 11.1 Å². The molecule has 0 unspecified atom stereocenters. The molecule has 24 heavy (non-hydrogen) atoms. The monoisotopic (exact) mass is 325 g/mol. The minimum absolute atomic E-state index is 0.117. The fourth-order valence-electron chi connectivity index (χ4n) is 3.05. The summed E-state index contributed by atoms with van der Waals surface area (Å²) >= 11 is 0. The number of hydrogen-bond acceptors (Lipinski definition) is 2. The minimum Gasteiger partial charge on any atom is -0.383 e. The van der Waals surface area contributed by atoms with E-state index in [4.69, 9.17) is 11.1 Å². The van der Waals surface area contributed by atoms with Crippen molar-refractivity contribution in [1.82, 2.24) is 0 Å². The van der Waals surface area contributed by atoms with E-state index in [0.717, 1.165) is 18.2 Å². The van der Waals surface area contributed by atoms with E-state index in [9.17, 15) is 13.2 Å². The van der Waals surface area contributed by atoms with E-state index in [2.05, 4.69) is 4.99 Å². The molecule has 0 fully saturated rings. The molecule has 0 aliphatic carbocycles. The zero-order valence-corrected chi connectivity index (χ0v) is 12.2. The molecule has 0 spiro atoms. The summed E-state index contributed by atoms with van der Waals surface area (Å²) in [6.07, 6.45) is 0. The van der Waals surface area contributed by atoms with Crippen LogP contribution in [0.15, 0.2) is 47.5 Å². The quantitative estimate of drug-likeness (QED) is 0.699. The second-order valence-electron chi connectivity index (χ2n) is 5.54. The van der Waals surface area contributed by atoms with Gasteiger partial charge in [-0.05, 0) is 46.7 Å². The van der Waals surface area contributed by atoms with Gasteiger partial charge in [0.25, 0.3) is 0 Å². The van der Waals surface area contributed by atoms with E-state index in [1.54, 1.807) is 12.1 Å². The van der Waals surface area contributed by atoms with E-state index >= 15 is 0 Å². The Morgan fingerprint density at radius 2 is 1.54 bits per heavy atom. The highest BCUT2D eigenvalue weighted by atomic mass is 19.1. The van der Waals surface area contributed by atoms with Gasteiger partial charge in [0.05, 0.1) is 0 Å². The van der Waals surface area contributed by atoms with Gasteiger partial charge < -0.3 is 5.73 Å². The molecular formula is C18H10F3N3. The van der Waals surface area contributed by atoms with Crippen molar-refractivity contribution >= 4 is 22.4 Å². The summed E-state index contributed by atoms with van der Waals surface area (Å²) in [5.41, 5.74) is 7.24. The van der Waals surface area contributed by atoms with Crippen molar-refractivity contribution < 1.29 is 13.2 Å². The zero-order chi connectivity index (χ0) is 17.0. The summed E-state index contributed by atoms with van der Waals surface area (Å²) in [5.74, 6) is -1.97. The predicted octanol–water partition coefficient (Wildman–Crippen LogP) is 3.97. The smallest absolute Gasteiger partial charge is 0.155 e. The first-order valence-corrected chi connectivity index (χ1v) is 7.10. The van der Waals surface area contributed by atoms with E-state index in [0.29, 0.717) is 27.5 Å². The molecule has 4 rings (SSSR count). The lowest BCUT2D eigenvalue weighted by molar-refractivity contribution is 0.584. The van der Waals surface area contributed by atoms with Gasteiger partial charge in [0, 0.05) is 22.8 Å². The van der Waals surface area contributed by atoms with Crippen LogP contribution in [0.3, 0.4) is 0 Å². The van der Waals surface area contributed by atoms with Gasteiger partial charge in [-0.15, -0.1) is 0 Å². The number of nitrogens with two attached hydrogens (primary N) is 1. The van der Waals surface area contributed by atoms with E-state index < -0.39 is 17.5 Å². The fraction of sp³-hybridized carbons (Fsp3) is 0. The Hall–Kier alpha value is -3.15. The van der Waals surface area contributed by atoms with Gasteiger partial charge in [-0.2, -0.15) is 0 Å². The number of hydrogen-bond donors (Lipinski definition) is 2. The third kappa shape index (κ3) is 2.07. The molecule has 0 saturated heterocycles. The summed E-state index contributed by atoms with van der Waals surface area (Å²) in [6, 6.07) is 8.86. The molecule has 1 heterocycles. The van der Waals surface area contributed by atoms with Crippen molar-refractivity contribution in [2.24, 2.45) is 10.7 Å². The molecule has 6 heteroatoms. The molecule has 3 N–H and O–H groups in total. The maximum absolute atomic E-state index is 13.8. The SMILES string of the molecule is N=C1N=C(N)c2cc3ccc(F)cc3c(-c3cc(F)cc(F)c3)c21. The van der Waals surface area contributed by atoms with Gasteiger partial charge in [0.1, 0.15) is 23.3 Å². The average Bonchev–Trinajstić information content (AvgIpc) is 2.78. The molecule has 3 nitrogen and oxygen atoms in total. The molecule has 0 bridgehead atoms. The predicted molar refractivity (Wildman–Crippen MR) is 86.8 cm³/mol. The summed E-state index contributed by atoms with van der Waals surface area (Å²) in [7, 11) is 0. The number of rotatable bonds is 1. The topological polar surface area (TPSA) is 62.2 Å². The number of nitrogens with one attached hydrogen (secondary N) is 1. The molecule has 0 radical (unpaired) electrons. The standard InChI is InChI=1S/C18H10F3N3/c19-10-2-1-8-5-14-16(18(23)24-17(14)22)15(13(8)7-10)9-3-11(20)6-12(21)4-9/h1-7H,(H3,22,23,24). The summed E-state index contributed by atoms with van der Waals surface area (Å²) in [5, 5.41) is 9.12. The lowest BCUT2D eigenvalue weighted by Crippen LogP contribution is -2.10. The number of amidine groups is 2. The van der Waals surface area contributed by atoms with Crippen LogP contribution in [-0.4, -0.2) is 11.7 Å². The van der Waals surface area contributed by atoms with Crippen LogP contribution in [0.2, 0.25) is 0 Å². The van der Waals surface area contributed by atoms with Gasteiger partial charge in [-0.3, -0.25) is 5.41 Å². The van der Waals surface area contributed by atoms with Crippen molar-refractivity contribution in [2.45, 2.75) is 0 Å². The molecule has 0 amide bonds. The second kappa shape index (κ2) is 4.92. The van der Waals surface area contributed by atoms with Crippen LogP contribution in [-0.2, 0) is 0 Å². The van der Waals surface area contributed by atoms with Crippen molar-refractivity contribution in [2.75, 3.05) is 0 Å². The van der Waals surface area contributed by atoms with Gasteiger partial charge in [0.15, 0.2) is 5.84 Å². The Bertz CT molecular complexity index is 1050. The second-order valence-corrected chi connectivity index (χ2v) is 5.54. The fourth-order valence-corrected chi connectivity index (χ4v) is 3.05. The first-order valence-electron chi connectivity index (χ1n) is 7.10. The number of nitrogens with zero attached hydrogens (tertiary/aromatic N) is 1. The number of fused-ring (bicyclic) bond motifs is 2. The number of benzene rings is 3. The van der Waals surface area contributed by atoms with Crippen LogP contribution in [0, 0.1) is 22.9 Å². The van der Waals surface area contributed by atoms with Crippen LogP contribution >= 0.6 is 0 Å². The van der Waals surface area contributed by atoms with Gasteiger partial charge in [-0.25, -0.2) is 18.2 Å². The highest BCUT2D eigenvalue weighted by Gasteiger charge is 2.25. The summed E-state index contributed by atoms with van der Waals surface area (Å²) in [6.45, 7) is 0. The molecule has 0 atom stereocenters. The third-order valence-corrected chi connectivity index (χ3v) is 4.00. The highest BCUT2D eigenvalue weighted by Crippen LogP contribution is 2.38. The van der Waals surface area contributed by atoms with Crippen molar-refractivity contribution in [1.29, 1.82) is 5.41 Å². The number of halogens is 3. The number of aliphatic imine (C=N–C) groups is 1. The first kappa shape index (κ1) is 14.4. The maximum atomic E-state index is 13.8.